The van der Waals surface area contributed by atoms with Crippen LogP contribution in [0.15, 0.2) is 29.0 Å². The summed E-state index contributed by atoms with van der Waals surface area (Å²) in [6.07, 6.45) is 3.46. The van der Waals surface area contributed by atoms with Crippen LogP contribution in [0.3, 0.4) is 0 Å². The Hall–Kier alpha value is -1.62. The first kappa shape index (κ1) is 14.9. The zero-order valence-electron chi connectivity index (χ0n) is 12.0. The van der Waals surface area contributed by atoms with Crippen LogP contribution in [0.4, 0.5) is 5.82 Å². The van der Waals surface area contributed by atoms with Gasteiger partial charge < -0.3 is 0 Å². The fraction of sp³-hybridized carbons (Fsp3) is 0.267. The molecule has 23 heavy (non-hydrogen) atoms. The molecule has 0 saturated carbocycles. The number of pyridine rings is 1. The van der Waals surface area contributed by atoms with Gasteiger partial charge in [0.2, 0.25) is 0 Å². The molecular weight excluding hydrogens is 379 g/mol. The van der Waals surface area contributed by atoms with Gasteiger partial charge >= 0.3 is 146 Å². The van der Waals surface area contributed by atoms with E-state index in [1.165, 1.54) is 0 Å². The summed E-state index contributed by atoms with van der Waals surface area (Å²) in [5.74, 6) is 0.699. The van der Waals surface area contributed by atoms with Crippen LogP contribution in [0.5, 0.6) is 0 Å². The van der Waals surface area contributed by atoms with E-state index in [1.807, 2.05) is 18.3 Å². The summed E-state index contributed by atoms with van der Waals surface area (Å²) in [7, 11) is 0. The fourth-order valence-electron chi connectivity index (χ4n) is 2.94. The first-order chi connectivity index (χ1) is 11.2. The standard InChI is InChI=1S/C15H12AsClN4O2/c16-15-19-13(17)12-9(7-22)6-21(14(12)20-15)5-8-3-11-10(18-4-8)1-2-23-11/h1-4,9,22H,5-7H2. The van der Waals surface area contributed by atoms with Crippen molar-refractivity contribution in [1.82, 2.24) is 15.0 Å². The Bertz CT molecular complexity index is 885. The number of nitrogens with zero attached hydrogens (tertiary/aromatic N) is 4. The van der Waals surface area contributed by atoms with E-state index in [1.54, 1.807) is 6.26 Å². The van der Waals surface area contributed by atoms with Crippen molar-refractivity contribution in [1.29, 1.82) is 0 Å². The molecule has 1 atom stereocenters. The Morgan fingerprint density at radius 3 is 3.13 bits per heavy atom. The van der Waals surface area contributed by atoms with Gasteiger partial charge in [-0.25, -0.2) is 0 Å². The van der Waals surface area contributed by atoms with Crippen LogP contribution in [-0.2, 0) is 6.54 Å². The van der Waals surface area contributed by atoms with Gasteiger partial charge in [-0.3, -0.25) is 0 Å². The maximum atomic E-state index is 9.63. The van der Waals surface area contributed by atoms with Gasteiger partial charge in [0.1, 0.15) is 0 Å². The molecule has 2 radical (unpaired) electrons. The van der Waals surface area contributed by atoms with Crippen LogP contribution in [0.25, 0.3) is 11.1 Å². The third-order valence-electron chi connectivity index (χ3n) is 3.97. The molecule has 0 fully saturated rings. The van der Waals surface area contributed by atoms with Crippen molar-refractivity contribution >= 4 is 50.0 Å². The Labute approximate surface area is 146 Å². The molecule has 1 N–H and O–H groups in total. The number of aliphatic hydroxyl groups is 1. The molecule has 4 heterocycles. The first-order valence-corrected chi connectivity index (χ1v) is 8.41. The summed E-state index contributed by atoms with van der Waals surface area (Å²) in [4.78, 5) is 15.1. The molecule has 0 spiro atoms. The van der Waals surface area contributed by atoms with E-state index in [2.05, 4.69) is 36.7 Å². The number of aliphatic hydroxyl groups excluding tert-OH is 1. The minimum absolute atomic E-state index is 0.0139. The van der Waals surface area contributed by atoms with Crippen molar-refractivity contribution in [3.05, 3.63) is 40.9 Å². The zero-order valence-corrected chi connectivity index (χ0v) is 14.6. The average Bonchev–Trinajstić information content (AvgIpc) is 3.11. The minimum atomic E-state index is -0.0779. The second-order valence-corrected chi connectivity index (χ2v) is 6.66. The molecular formula is C15H12AsClN4O2. The quantitative estimate of drug-likeness (QED) is 0.534. The molecule has 3 aromatic rings. The molecule has 116 valence electrons. The Morgan fingerprint density at radius 2 is 2.30 bits per heavy atom. The predicted octanol–water partition coefficient (Wildman–Crippen LogP) is 1.16. The molecule has 6 nitrogen and oxygen atoms in total. The summed E-state index contributed by atoms with van der Waals surface area (Å²) >= 11 is 8.55. The first-order valence-electron chi connectivity index (χ1n) is 7.10. The summed E-state index contributed by atoms with van der Waals surface area (Å²) in [5.41, 5.74) is 3.42. The number of anilines is 1. The summed E-state index contributed by atoms with van der Waals surface area (Å²) in [6, 6.07) is 3.81. The molecule has 3 aromatic heterocycles. The van der Waals surface area contributed by atoms with Crippen molar-refractivity contribution in [3.63, 3.8) is 0 Å². The molecule has 0 amide bonds. The van der Waals surface area contributed by atoms with E-state index >= 15 is 0 Å². The van der Waals surface area contributed by atoms with Crippen molar-refractivity contribution in [2.75, 3.05) is 18.1 Å². The van der Waals surface area contributed by atoms with E-state index < -0.39 is 0 Å². The Morgan fingerprint density at radius 1 is 1.43 bits per heavy atom. The average molecular weight is 391 g/mol. The number of halogens is 1. The van der Waals surface area contributed by atoms with Crippen LogP contribution in [0.2, 0.25) is 5.15 Å². The van der Waals surface area contributed by atoms with Crippen molar-refractivity contribution < 1.29 is 9.52 Å². The summed E-state index contributed by atoms with van der Waals surface area (Å²) in [5, 5.41) is 10.0. The third-order valence-corrected chi connectivity index (χ3v) is 4.68. The third kappa shape index (κ3) is 2.61. The van der Waals surface area contributed by atoms with Crippen LogP contribution < -0.4 is 9.51 Å². The van der Waals surface area contributed by atoms with Gasteiger partial charge in [0.25, 0.3) is 0 Å². The van der Waals surface area contributed by atoms with Gasteiger partial charge in [-0.1, -0.05) is 0 Å². The maximum absolute atomic E-state index is 9.63. The van der Waals surface area contributed by atoms with Crippen molar-refractivity contribution in [3.8, 4) is 0 Å². The van der Waals surface area contributed by atoms with Crippen LogP contribution >= 0.6 is 11.6 Å². The normalized spacial score (nSPS) is 17.0. The number of fused-ring (bicyclic) bond motifs is 2. The van der Waals surface area contributed by atoms with Crippen molar-refractivity contribution in [2.45, 2.75) is 12.5 Å². The number of aromatic nitrogens is 3. The molecule has 1 aliphatic rings. The number of furan rings is 1. The van der Waals surface area contributed by atoms with Crippen LogP contribution in [0, 0.1) is 0 Å². The molecule has 0 saturated heterocycles. The monoisotopic (exact) mass is 390 g/mol. The van der Waals surface area contributed by atoms with E-state index in [0.717, 1.165) is 28.0 Å². The van der Waals surface area contributed by atoms with E-state index in [0.29, 0.717) is 22.9 Å². The topological polar surface area (TPSA) is 75.3 Å². The molecule has 8 heteroatoms. The Kier molecular flexibility index (Phi) is 3.76. The van der Waals surface area contributed by atoms with Crippen LogP contribution in [-0.4, -0.2) is 50.1 Å². The molecule has 0 bridgehead atoms. The second kappa shape index (κ2) is 5.78. The van der Waals surface area contributed by atoms with E-state index in [9.17, 15) is 5.11 Å². The summed E-state index contributed by atoms with van der Waals surface area (Å²) < 4.78 is 5.96. The molecule has 0 aromatic carbocycles. The molecule has 1 aliphatic heterocycles. The van der Waals surface area contributed by atoms with Gasteiger partial charge in [0.15, 0.2) is 0 Å². The predicted molar refractivity (Wildman–Crippen MR) is 87.3 cm³/mol. The van der Waals surface area contributed by atoms with Gasteiger partial charge in [0, 0.05) is 0 Å². The number of rotatable bonds is 3. The summed E-state index contributed by atoms with van der Waals surface area (Å²) in [6.45, 7) is 1.28. The van der Waals surface area contributed by atoms with E-state index in [4.69, 9.17) is 16.0 Å². The molecule has 0 aliphatic carbocycles. The molecule has 1 unspecified atom stereocenters. The van der Waals surface area contributed by atoms with Crippen LogP contribution in [0.1, 0.15) is 17.0 Å². The second-order valence-electron chi connectivity index (χ2n) is 5.46. The van der Waals surface area contributed by atoms with Gasteiger partial charge in [-0.2, -0.15) is 0 Å². The van der Waals surface area contributed by atoms with Gasteiger partial charge in [-0.05, 0) is 0 Å². The number of hydrogen-bond acceptors (Lipinski definition) is 6. The van der Waals surface area contributed by atoms with Gasteiger partial charge in [-0.15, -0.1) is 0 Å². The van der Waals surface area contributed by atoms with Gasteiger partial charge in [0.05, 0.1) is 0 Å². The SMILES string of the molecule is OCC1CN(Cc2cnc3ccoc3c2)c2nc([As])nc(Cl)c21. The molecule has 4 rings (SSSR count). The van der Waals surface area contributed by atoms with Crippen molar-refractivity contribution in [2.24, 2.45) is 0 Å². The Balaban J connectivity index is 1.70. The van der Waals surface area contributed by atoms with E-state index in [-0.39, 0.29) is 12.5 Å². The zero-order chi connectivity index (χ0) is 16.0. The number of hydrogen-bond donors (Lipinski definition) is 1. The fourth-order valence-corrected chi connectivity index (χ4v) is 3.79.